The van der Waals surface area contributed by atoms with Crippen molar-refractivity contribution >= 4 is 39.0 Å². The normalized spacial score (nSPS) is 18.3. The number of nitrogens with zero attached hydrogens (tertiary/aromatic N) is 5. The van der Waals surface area contributed by atoms with E-state index in [1.54, 1.807) is 0 Å². The molecule has 23 heavy (non-hydrogen) atoms. The molecule has 0 amide bonds. The van der Waals surface area contributed by atoms with Gasteiger partial charge in [0, 0.05) is 67.7 Å². The Bertz CT molecular complexity index is 659. The van der Waals surface area contributed by atoms with Gasteiger partial charge in [0.2, 0.25) is 5.95 Å². The van der Waals surface area contributed by atoms with E-state index in [0.717, 1.165) is 37.8 Å². The quantitative estimate of drug-likeness (QED) is 0.776. The van der Waals surface area contributed by atoms with Gasteiger partial charge in [0.25, 0.3) is 0 Å². The second kappa shape index (κ2) is 7.15. The van der Waals surface area contributed by atoms with Gasteiger partial charge in [-0.05, 0) is 34.5 Å². The van der Waals surface area contributed by atoms with E-state index in [2.05, 4.69) is 54.2 Å². The van der Waals surface area contributed by atoms with Crippen molar-refractivity contribution < 1.29 is 0 Å². The number of thiophene rings is 1. The van der Waals surface area contributed by atoms with Crippen molar-refractivity contribution in [1.29, 1.82) is 0 Å². The smallest absolute Gasteiger partial charge is 0.227 e. The highest BCUT2D eigenvalue weighted by Gasteiger charge is 2.27. The Hall–Kier alpha value is -1.18. The molecule has 7 heteroatoms. The lowest BCUT2D eigenvalue weighted by atomic mass is 10.2. The largest absolute Gasteiger partial charge is 0.363 e. The fraction of sp³-hybridized carbons (Fsp3) is 0.500. The number of rotatable bonds is 5. The van der Waals surface area contributed by atoms with Crippen LogP contribution in [0, 0.1) is 0 Å². The van der Waals surface area contributed by atoms with Crippen molar-refractivity contribution in [3.63, 3.8) is 0 Å². The zero-order valence-corrected chi connectivity index (χ0v) is 16.1. The number of likely N-dealkylation sites (N-methyl/N-ethyl adjacent to an activating group) is 1. The van der Waals surface area contributed by atoms with Crippen LogP contribution in [0.2, 0.25) is 0 Å². The van der Waals surface area contributed by atoms with Gasteiger partial charge < -0.3 is 9.80 Å². The fourth-order valence-electron chi connectivity index (χ4n) is 2.85. The van der Waals surface area contributed by atoms with Crippen LogP contribution in [0.5, 0.6) is 0 Å². The van der Waals surface area contributed by atoms with Crippen LogP contribution >= 0.6 is 27.3 Å². The van der Waals surface area contributed by atoms with Crippen LogP contribution in [-0.4, -0.2) is 55.1 Å². The summed E-state index contributed by atoms with van der Waals surface area (Å²) >= 11 is 5.34. The summed E-state index contributed by atoms with van der Waals surface area (Å²) in [7, 11) is 6.11. The average molecular weight is 396 g/mol. The maximum Gasteiger partial charge on any atom is 0.227 e. The number of aromatic nitrogens is 2. The lowest BCUT2D eigenvalue weighted by Crippen LogP contribution is -2.35. The van der Waals surface area contributed by atoms with Gasteiger partial charge in [-0.15, -0.1) is 11.3 Å². The third-order valence-electron chi connectivity index (χ3n) is 4.20. The highest BCUT2D eigenvalue weighted by molar-refractivity contribution is 9.10. The summed E-state index contributed by atoms with van der Waals surface area (Å²) in [5.74, 6) is 1.75. The minimum Gasteiger partial charge on any atom is -0.363 e. The molecule has 0 saturated carbocycles. The first-order valence-corrected chi connectivity index (χ1v) is 9.38. The fourth-order valence-corrected chi connectivity index (χ4v) is 4.34. The Morgan fingerprint density at radius 2 is 2.22 bits per heavy atom. The summed E-state index contributed by atoms with van der Waals surface area (Å²) in [6.07, 6.45) is 2.99. The Labute approximate surface area is 150 Å². The molecule has 1 aliphatic rings. The number of halogens is 1. The van der Waals surface area contributed by atoms with Gasteiger partial charge in [-0.25, -0.2) is 4.98 Å². The monoisotopic (exact) mass is 395 g/mol. The molecule has 0 aliphatic carbocycles. The van der Waals surface area contributed by atoms with Crippen LogP contribution in [0.3, 0.4) is 0 Å². The van der Waals surface area contributed by atoms with Crippen LogP contribution in [0.4, 0.5) is 11.8 Å². The summed E-state index contributed by atoms with van der Waals surface area (Å²) < 4.78 is 1.18. The molecule has 124 valence electrons. The first kappa shape index (κ1) is 16.7. The Morgan fingerprint density at radius 3 is 2.91 bits per heavy atom. The predicted molar refractivity (Wildman–Crippen MR) is 100 cm³/mol. The van der Waals surface area contributed by atoms with Gasteiger partial charge in [0.1, 0.15) is 5.82 Å². The molecule has 1 saturated heterocycles. The molecule has 2 aromatic heterocycles. The number of hydrogen-bond acceptors (Lipinski definition) is 6. The zero-order valence-electron chi connectivity index (χ0n) is 13.7. The van der Waals surface area contributed by atoms with Crippen molar-refractivity contribution in [3.05, 3.63) is 33.1 Å². The molecule has 1 fully saturated rings. The van der Waals surface area contributed by atoms with Crippen LogP contribution < -0.4 is 9.80 Å². The van der Waals surface area contributed by atoms with E-state index in [9.17, 15) is 0 Å². The standard InChI is InChI=1S/C16H22BrN5S/c1-20(2)15-4-6-18-16(19-15)21(3)13-5-7-22(9-13)10-14-8-12(17)11-23-14/h4,6,8,11,13H,5,7,9-10H2,1-3H3. The van der Waals surface area contributed by atoms with Gasteiger partial charge in [-0.3, -0.25) is 4.90 Å². The molecule has 1 atom stereocenters. The molecule has 2 aromatic rings. The molecule has 0 N–H and O–H groups in total. The molecule has 0 bridgehead atoms. The van der Waals surface area contributed by atoms with Crippen molar-refractivity contribution in [2.75, 3.05) is 44.0 Å². The molecule has 5 nitrogen and oxygen atoms in total. The molecular formula is C16H22BrN5S. The van der Waals surface area contributed by atoms with Gasteiger partial charge in [-0.1, -0.05) is 0 Å². The molecule has 0 radical (unpaired) electrons. The summed E-state index contributed by atoms with van der Waals surface area (Å²) in [5, 5.41) is 2.15. The maximum absolute atomic E-state index is 4.65. The van der Waals surface area contributed by atoms with Crippen LogP contribution in [0.1, 0.15) is 11.3 Å². The summed E-state index contributed by atoms with van der Waals surface area (Å²) in [4.78, 5) is 17.2. The van der Waals surface area contributed by atoms with E-state index < -0.39 is 0 Å². The first-order valence-electron chi connectivity index (χ1n) is 7.71. The van der Waals surface area contributed by atoms with E-state index in [4.69, 9.17) is 0 Å². The van der Waals surface area contributed by atoms with Crippen molar-refractivity contribution in [1.82, 2.24) is 14.9 Å². The van der Waals surface area contributed by atoms with Crippen molar-refractivity contribution in [2.24, 2.45) is 0 Å². The number of anilines is 2. The van der Waals surface area contributed by atoms with Crippen LogP contribution in [-0.2, 0) is 6.54 Å². The summed E-state index contributed by atoms with van der Waals surface area (Å²) in [5.41, 5.74) is 0. The summed E-state index contributed by atoms with van der Waals surface area (Å²) in [6, 6.07) is 4.62. The molecule has 1 unspecified atom stereocenters. The Kier molecular flexibility index (Phi) is 5.18. The molecular weight excluding hydrogens is 374 g/mol. The zero-order chi connectivity index (χ0) is 16.4. The Morgan fingerprint density at radius 1 is 1.39 bits per heavy atom. The second-order valence-electron chi connectivity index (χ2n) is 6.13. The highest BCUT2D eigenvalue weighted by atomic mass is 79.9. The minimum absolute atomic E-state index is 0.468. The maximum atomic E-state index is 4.65. The molecule has 3 rings (SSSR count). The van der Waals surface area contributed by atoms with Gasteiger partial charge in [0.15, 0.2) is 0 Å². The average Bonchev–Trinajstić information content (AvgIpc) is 3.16. The van der Waals surface area contributed by atoms with E-state index in [-0.39, 0.29) is 0 Å². The molecule has 0 aromatic carbocycles. The lowest BCUT2D eigenvalue weighted by Gasteiger charge is -2.25. The predicted octanol–water partition coefficient (Wildman–Crippen LogP) is 3.08. The Balaban J connectivity index is 1.63. The second-order valence-corrected chi connectivity index (χ2v) is 8.04. The molecule has 0 spiro atoms. The van der Waals surface area contributed by atoms with Crippen LogP contribution in [0.15, 0.2) is 28.2 Å². The van der Waals surface area contributed by atoms with Gasteiger partial charge >= 0.3 is 0 Å². The SMILES string of the molecule is CN(C)c1ccnc(N(C)C2CCN(Cc3cc(Br)cs3)C2)n1. The number of hydrogen-bond donors (Lipinski definition) is 0. The molecule has 3 heterocycles. The number of likely N-dealkylation sites (tertiary alicyclic amines) is 1. The third-order valence-corrected chi connectivity index (χ3v) is 5.88. The van der Waals surface area contributed by atoms with E-state index in [1.807, 2.05) is 42.6 Å². The lowest BCUT2D eigenvalue weighted by molar-refractivity contribution is 0.328. The van der Waals surface area contributed by atoms with Gasteiger partial charge in [0.05, 0.1) is 0 Å². The first-order chi connectivity index (χ1) is 11.0. The van der Waals surface area contributed by atoms with E-state index in [0.29, 0.717) is 6.04 Å². The third kappa shape index (κ3) is 4.02. The highest BCUT2D eigenvalue weighted by Crippen LogP contribution is 2.25. The van der Waals surface area contributed by atoms with Crippen LogP contribution in [0.25, 0.3) is 0 Å². The van der Waals surface area contributed by atoms with E-state index >= 15 is 0 Å². The van der Waals surface area contributed by atoms with Gasteiger partial charge in [-0.2, -0.15) is 4.98 Å². The topological polar surface area (TPSA) is 35.5 Å². The van der Waals surface area contributed by atoms with E-state index in [1.165, 1.54) is 9.35 Å². The minimum atomic E-state index is 0.468. The van der Waals surface area contributed by atoms with Crippen molar-refractivity contribution in [3.8, 4) is 0 Å². The molecule has 1 aliphatic heterocycles. The summed E-state index contributed by atoms with van der Waals surface area (Å²) in [6.45, 7) is 3.21. The van der Waals surface area contributed by atoms with Crippen molar-refractivity contribution in [2.45, 2.75) is 19.0 Å².